The second-order valence-corrected chi connectivity index (χ2v) is 17.3. The highest BCUT2D eigenvalue weighted by atomic mass is 32.2. The van der Waals surface area contributed by atoms with Crippen LogP contribution >= 0.6 is 0 Å². The Balaban J connectivity index is 2.52. The Bertz CT molecular complexity index is 911. The van der Waals surface area contributed by atoms with Gasteiger partial charge < -0.3 is 40.1 Å². The first-order valence-electron chi connectivity index (χ1n) is 21.4. The molecule has 8 atom stereocenters. The van der Waals surface area contributed by atoms with E-state index >= 15 is 0 Å². The molecule has 0 saturated carbocycles. The maximum Gasteiger partial charge on any atom is 0.212 e. The van der Waals surface area contributed by atoms with E-state index in [9.17, 15) is 39.1 Å². The van der Waals surface area contributed by atoms with E-state index in [4.69, 9.17) is 9.47 Å². The van der Waals surface area contributed by atoms with Crippen LogP contribution < -0.4 is 4.72 Å². The fourth-order valence-corrected chi connectivity index (χ4v) is 8.39. The number of hydrogen-bond donors (Lipinski definition) is 7. The summed E-state index contributed by atoms with van der Waals surface area (Å²) < 4.78 is 39.8. The number of rotatable bonds is 36. The van der Waals surface area contributed by atoms with Crippen LogP contribution in [-0.2, 0) is 19.5 Å². The third-order valence-corrected chi connectivity index (χ3v) is 12.0. The summed E-state index contributed by atoms with van der Waals surface area (Å²) in [5.74, 6) is -0.136. The van der Waals surface area contributed by atoms with Crippen LogP contribution in [0, 0.1) is 0 Å². The molecule has 0 amide bonds. The summed E-state index contributed by atoms with van der Waals surface area (Å²) in [7, 11) is -3.86. The molecule has 1 fully saturated rings. The molecule has 0 aromatic carbocycles. The van der Waals surface area contributed by atoms with Gasteiger partial charge in [0.25, 0.3) is 0 Å². The maximum absolute atomic E-state index is 13.1. The first-order valence-corrected chi connectivity index (χ1v) is 23.0. The summed E-state index contributed by atoms with van der Waals surface area (Å²) >= 11 is 0. The Labute approximate surface area is 317 Å². The van der Waals surface area contributed by atoms with Crippen LogP contribution in [0.15, 0.2) is 0 Å². The Morgan fingerprint density at radius 1 is 0.596 bits per heavy atom. The summed E-state index contributed by atoms with van der Waals surface area (Å²) in [4.78, 5) is 0. The van der Waals surface area contributed by atoms with Gasteiger partial charge in [0, 0.05) is 0 Å². The van der Waals surface area contributed by atoms with Gasteiger partial charge in [0.15, 0.2) is 6.29 Å². The van der Waals surface area contributed by atoms with Crippen molar-refractivity contribution < 1.29 is 48.5 Å². The number of hydrogen-bond acceptors (Lipinski definition) is 10. The van der Waals surface area contributed by atoms with Crippen molar-refractivity contribution in [3.05, 3.63) is 0 Å². The van der Waals surface area contributed by atoms with Crippen molar-refractivity contribution in [3.8, 4) is 0 Å². The molecule has 11 nitrogen and oxygen atoms in total. The number of sulfonamides is 1. The van der Waals surface area contributed by atoms with Crippen LogP contribution in [-0.4, -0.2) is 107 Å². The van der Waals surface area contributed by atoms with Crippen molar-refractivity contribution in [2.75, 3.05) is 19.0 Å². The summed E-state index contributed by atoms with van der Waals surface area (Å²) in [6, 6.07) is -1.25. The summed E-state index contributed by atoms with van der Waals surface area (Å²) in [5.41, 5.74) is 0. The molecular formula is C40H81NO10S. The highest BCUT2D eigenvalue weighted by Crippen LogP contribution is 2.23. The second kappa shape index (κ2) is 31.8. The van der Waals surface area contributed by atoms with Gasteiger partial charge in [0.2, 0.25) is 10.0 Å². The third-order valence-electron chi connectivity index (χ3n) is 10.5. The van der Waals surface area contributed by atoms with Crippen LogP contribution in [0.3, 0.4) is 0 Å². The Morgan fingerprint density at radius 3 is 1.42 bits per heavy atom. The lowest BCUT2D eigenvalue weighted by Crippen LogP contribution is -2.60. The Hall–Kier alpha value is -0.410. The van der Waals surface area contributed by atoms with E-state index in [1.54, 1.807) is 0 Å². The van der Waals surface area contributed by atoms with Crippen molar-refractivity contribution in [2.24, 2.45) is 0 Å². The van der Waals surface area contributed by atoms with Crippen LogP contribution in [0.1, 0.15) is 187 Å². The number of aliphatic hydroxyl groups is 6. The predicted molar refractivity (Wildman–Crippen MR) is 208 cm³/mol. The lowest BCUT2D eigenvalue weighted by Gasteiger charge is -2.40. The molecule has 0 radical (unpaired) electrons. The zero-order valence-corrected chi connectivity index (χ0v) is 33.9. The van der Waals surface area contributed by atoms with Gasteiger partial charge in [-0.15, -0.1) is 0 Å². The van der Waals surface area contributed by atoms with Crippen molar-refractivity contribution in [3.63, 3.8) is 0 Å². The number of aliphatic hydroxyl groups excluding tert-OH is 6. The van der Waals surface area contributed by atoms with Crippen LogP contribution in [0.4, 0.5) is 0 Å². The average Bonchev–Trinajstić information content (AvgIpc) is 3.13. The van der Waals surface area contributed by atoms with Gasteiger partial charge in [-0.1, -0.05) is 174 Å². The van der Waals surface area contributed by atoms with E-state index in [1.807, 2.05) is 0 Å². The highest BCUT2D eigenvalue weighted by molar-refractivity contribution is 7.89. The van der Waals surface area contributed by atoms with Crippen molar-refractivity contribution >= 4 is 10.0 Å². The molecule has 0 unspecified atom stereocenters. The lowest BCUT2D eigenvalue weighted by atomic mass is 9.99. The zero-order chi connectivity index (χ0) is 38.5. The number of nitrogens with one attached hydrogen (secondary N) is 1. The summed E-state index contributed by atoms with van der Waals surface area (Å²) in [5, 5.41) is 62.1. The molecule has 1 rings (SSSR count). The van der Waals surface area contributed by atoms with Crippen molar-refractivity contribution in [1.82, 2.24) is 4.72 Å². The first kappa shape index (κ1) is 49.6. The molecule has 312 valence electrons. The SMILES string of the molecule is CCCCCCCCCCCCCCCCS(=O)(=O)N[C@@H](CO[C@H]1O[C@H](CO)[C@H](O)[C@H](O)[C@H]1O)[C@H](O)[C@H](O)CCCCCCCCCCCCCC. The topological polar surface area (TPSA) is 186 Å². The maximum atomic E-state index is 13.1. The summed E-state index contributed by atoms with van der Waals surface area (Å²) in [6.07, 6.45) is 20.1. The van der Waals surface area contributed by atoms with Gasteiger partial charge in [-0.05, 0) is 12.8 Å². The monoisotopic (exact) mass is 768 g/mol. The minimum absolute atomic E-state index is 0.136. The van der Waals surface area contributed by atoms with E-state index in [-0.39, 0.29) is 12.2 Å². The standard InChI is InChI=1S/C40H81NO10S/c1-3-5-7-9-11-13-15-17-18-20-22-24-26-28-30-52(48,49)41-33(32-50-40-39(47)38(46)37(45)35(31-42)51-40)36(44)34(43)29-27-25-23-21-19-16-14-12-10-8-6-4-2/h33-47H,3-32H2,1-2H3/t33-,34+,35+,36-,37-,38-,39+,40-/m0/s1. The molecule has 0 aliphatic carbocycles. The number of ether oxygens (including phenoxy) is 2. The third kappa shape index (κ3) is 23.5. The fourth-order valence-electron chi connectivity index (χ4n) is 7.02. The largest absolute Gasteiger partial charge is 0.394 e. The van der Waals surface area contributed by atoms with Gasteiger partial charge in [-0.2, -0.15) is 0 Å². The lowest BCUT2D eigenvalue weighted by molar-refractivity contribution is -0.303. The quantitative estimate of drug-likeness (QED) is 0.0353. The molecule has 1 heterocycles. The smallest absolute Gasteiger partial charge is 0.212 e. The van der Waals surface area contributed by atoms with Gasteiger partial charge in [-0.3, -0.25) is 0 Å². The van der Waals surface area contributed by atoms with E-state index in [0.29, 0.717) is 12.8 Å². The summed E-state index contributed by atoms with van der Waals surface area (Å²) in [6.45, 7) is 3.35. The Kier molecular flexibility index (Phi) is 30.3. The molecular weight excluding hydrogens is 687 g/mol. The fraction of sp³-hybridized carbons (Fsp3) is 1.00. The van der Waals surface area contributed by atoms with E-state index < -0.39 is 72.2 Å². The minimum atomic E-state index is -3.86. The van der Waals surface area contributed by atoms with E-state index in [2.05, 4.69) is 18.6 Å². The molecule has 1 aliphatic heterocycles. The minimum Gasteiger partial charge on any atom is -0.394 e. The first-order chi connectivity index (χ1) is 25.1. The molecule has 7 N–H and O–H groups in total. The molecule has 0 aromatic rings. The molecule has 1 aliphatic rings. The molecule has 0 bridgehead atoms. The van der Waals surface area contributed by atoms with Gasteiger partial charge in [-0.25, -0.2) is 13.1 Å². The van der Waals surface area contributed by atoms with Crippen LogP contribution in [0.2, 0.25) is 0 Å². The van der Waals surface area contributed by atoms with E-state index in [1.165, 1.54) is 109 Å². The molecule has 0 aromatic heterocycles. The van der Waals surface area contributed by atoms with Gasteiger partial charge in [0.1, 0.15) is 24.4 Å². The van der Waals surface area contributed by atoms with Gasteiger partial charge >= 0.3 is 0 Å². The molecule has 12 heteroatoms. The Morgan fingerprint density at radius 2 is 1.00 bits per heavy atom. The molecule has 52 heavy (non-hydrogen) atoms. The van der Waals surface area contributed by atoms with Crippen LogP contribution in [0.5, 0.6) is 0 Å². The van der Waals surface area contributed by atoms with E-state index in [0.717, 1.165) is 44.9 Å². The molecule has 0 spiro atoms. The second-order valence-electron chi connectivity index (χ2n) is 15.4. The predicted octanol–water partition coefficient (Wildman–Crippen LogP) is 6.39. The normalized spacial score (nSPS) is 22.8. The van der Waals surface area contributed by atoms with Crippen molar-refractivity contribution in [2.45, 2.75) is 236 Å². The highest BCUT2D eigenvalue weighted by Gasteiger charge is 2.44. The zero-order valence-electron chi connectivity index (χ0n) is 33.1. The van der Waals surface area contributed by atoms with Crippen LogP contribution in [0.25, 0.3) is 0 Å². The average molecular weight is 768 g/mol. The molecule has 1 saturated heterocycles. The van der Waals surface area contributed by atoms with Crippen molar-refractivity contribution in [1.29, 1.82) is 0 Å². The number of unbranched alkanes of at least 4 members (excludes halogenated alkanes) is 24. The van der Waals surface area contributed by atoms with Gasteiger partial charge in [0.05, 0.1) is 37.2 Å².